The molecule has 0 spiro atoms. The molecule has 6 nitrogen and oxygen atoms in total. The highest BCUT2D eigenvalue weighted by Crippen LogP contribution is 2.25. The maximum absolute atomic E-state index is 13.6. The van der Waals surface area contributed by atoms with Crippen molar-refractivity contribution in [3.8, 4) is 17.0 Å². The molecule has 0 aliphatic carbocycles. The molecule has 7 heteroatoms. The van der Waals surface area contributed by atoms with Gasteiger partial charge in [0.1, 0.15) is 17.1 Å². The molecule has 4 aromatic rings. The summed E-state index contributed by atoms with van der Waals surface area (Å²) in [4.78, 5) is 13.0. The highest BCUT2D eigenvalue weighted by atomic mass is 19.1. The Morgan fingerprint density at radius 2 is 1.93 bits per heavy atom. The van der Waals surface area contributed by atoms with Crippen LogP contribution in [-0.2, 0) is 13.2 Å². The second-order valence-corrected chi connectivity index (χ2v) is 6.37. The predicted molar refractivity (Wildman–Crippen MR) is 103 cm³/mol. The first-order valence-corrected chi connectivity index (χ1v) is 8.71. The Morgan fingerprint density at radius 1 is 1.14 bits per heavy atom. The van der Waals surface area contributed by atoms with Gasteiger partial charge in [-0.15, -0.1) is 0 Å². The Morgan fingerprint density at radius 3 is 2.61 bits per heavy atom. The number of halogens is 1. The van der Waals surface area contributed by atoms with Gasteiger partial charge < -0.3 is 14.4 Å². The molecule has 0 bridgehead atoms. The fourth-order valence-electron chi connectivity index (χ4n) is 3.22. The molecular formula is C21H18FN3O3. The number of rotatable bonds is 5. The van der Waals surface area contributed by atoms with Gasteiger partial charge in [-0.1, -0.05) is 24.3 Å². The first kappa shape index (κ1) is 17.9. The predicted octanol–water partition coefficient (Wildman–Crippen LogP) is 2.85. The van der Waals surface area contributed by atoms with E-state index < -0.39 is 5.82 Å². The van der Waals surface area contributed by atoms with Crippen molar-refractivity contribution >= 4 is 5.52 Å². The first-order chi connectivity index (χ1) is 13.6. The summed E-state index contributed by atoms with van der Waals surface area (Å²) in [7, 11) is 1.60. The Kier molecular flexibility index (Phi) is 4.67. The molecule has 142 valence electrons. The van der Waals surface area contributed by atoms with Crippen molar-refractivity contribution in [1.82, 2.24) is 14.2 Å². The second kappa shape index (κ2) is 7.28. The van der Waals surface area contributed by atoms with Crippen LogP contribution in [0, 0.1) is 5.82 Å². The van der Waals surface area contributed by atoms with Crippen molar-refractivity contribution in [2.45, 2.75) is 13.2 Å². The summed E-state index contributed by atoms with van der Waals surface area (Å²) in [5.74, 6) is 0.333. The number of hydrogen-bond donors (Lipinski definition) is 1. The van der Waals surface area contributed by atoms with Crippen LogP contribution in [0.25, 0.3) is 16.8 Å². The van der Waals surface area contributed by atoms with E-state index in [1.165, 1.54) is 16.6 Å². The molecule has 0 aliphatic heterocycles. The van der Waals surface area contributed by atoms with Crippen LogP contribution in [0.15, 0.2) is 65.7 Å². The van der Waals surface area contributed by atoms with E-state index >= 15 is 0 Å². The van der Waals surface area contributed by atoms with Crippen molar-refractivity contribution in [2.75, 3.05) is 7.11 Å². The highest BCUT2D eigenvalue weighted by molar-refractivity contribution is 5.72. The molecule has 0 amide bonds. The van der Waals surface area contributed by atoms with Gasteiger partial charge in [-0.2, -0.15) is 5.10 Å². The van der Waals surface area contributed by atoms with E-state index in [1.54, 1.807) is 36.2 Å². The molecule has 0 fully saturated rings. The molecule has 0 radical (unpaired) electrons. The Bertz CT molecular complexity index is 1200. The minimum absolute atomic E-state index is 0.276. The number of aliphatic hydroxyl groups excluding tert-OH is 1. The summed E-state index contributed by atoms with van der Waals surface area (Å²) in [6.07, 6.45) is 3.30. The number of methoxy groups -OCH3 is 1. The highest BCUT2D eigenvalue weighted by Gasteiger charge is 2.18. The summed E-state index contributed by atoms with van der Waals surface area (Å²) in [6, 6.07) is 13.4. The van der Waals surface area contributed by atoms with E-state index in [-0.39, 0.29) is 17.7 Å². The van der Waals surface area contributed by atoms with Crippen molar-refractivity contribution in [3.05, 3.63) is 88.2 Å². The average Bonchev–Trinajstić information content (AvgIpc) is 3.10. The number of aromatic nitrogens is 3. The van der Waals surface area contributed by atoms with Gasteiger partial charge in [0.05, 0.1) is 26.0 Å². The fourth-order valence-corrected chi connectivity index (χ4v) is 3.22. The van der Waals surface area contributed by atoms with Gasteiger partial charge in [-0.3, -0.25) is 4.79 Å². The number of hydrogen-bond acceptors (Lipinski definition) is 4. The first-order valence-electron chi connectivity index (χ1n) is 8.71. The summed E-state index contributed by atoms with van der Waals surface area (Å²) in [5.41, 5.74) is 2.20. The van der Waals surface area contributed by atoms with Crippen molar-refractivity contribution < 1.29 is 14.2 Å². The smallest absolute Gasteiger partial charge is 0.277 e. The van der Waals surface area contributed by atoms with Crippen molar-refractivity contribution in [2.24, 2.45) is 0 Å². The second-order valence-electron chi connectivity index (χ2n) is 6.37. The van der Waals surface area contributed by atoms with Gasteiger partial charge in [0.2, 0.25) is 0 Å². The third-order valence-corrected chi connectivity index (χ3v) is 4.63. The van der Waals surface area contributed by atoms with Gasteiger partial charge >= 0.3 is 0 Å². The lowest BCUT2D eigenvalue weighted by Crippen LogP contribution is -2.22. The molecule has 0 saturated carbocycles. The number of ether oxygens (including phenoxy) is 1. The van der Waals surface area contributed by atoms with E-state index in [4.69, 9.17) is 4.74 Å². The van der Waals surface area contributed by atoms with Crippen LogP contribution in [0.1, 0.15) is 11.1 Å². The fraction of sp³-hybridized carbons (Fsp3) is 0.143. The quantitative estimate of drug-likeness (QED) is 0.579. The lowest BCUT2D eigenvalue weighted by Gasteiger charge is -2.07. The van der Waals surface area contributed by atoms with Crippen LogP contribution >= 0.6 is 0 Å². The van der Waals surface area contributed by atoms with Crippen molar-refractivity contribution in [3.63, 3.8) is 0 Å². The summed E-state index contributed by atoms with van der Waals surface area (Å²) >= 11 is 0. The minimum Gasteiger partial charge on any atom is -0.497 e. The zero-order chi connectivity index (χ0) is 19.7. The average molecular weight is 379 g/mol. The van der Waals surface area contributed by atoms with E-state index in [2.05, 4.69) is 5.10 Å². The van der Waals surface area contributed by atoms with Gasteiger partial charge in [-0.05, 0) is 29.8 Å². The van der Waals surface area contributed by atoms with E-state index in [0.29, 0.717) is 23.4 Å². The standard InChI is InChI=1S/C21H18FN3O3/c1-28-17-7-5-14(6-8-17)12-24-9-10-25-20(21(24)27)18(13-26)19(23-25)15-3-2-4-16(22)11-15/h2-11,26H,12-13H2,1H3. The zero-order valence-electron chi connectivity index (χ0n) is 15.2. The largest absolute Gasteiger partial charge is 0.497 e. The molecule has 1 N–H and O–H groups in total. The number of fused-ring (bicyclic) bond motifs is 1. The SMILES string of the molecule is COc1ccc(Cn2ccn3nc(-c4cccc(F)c4)c(CO)c3c2=O)cc1. The summed E-state index contributed by atoms with van der Waals surface area (Å²) in [5, 5.41) is 14.3. The van der Waals surface area contributed by atoms with Gasteiger partial charge in [0.15, 0.2) is 0 Å². The number of benzene rings is 2. The van der Waals surface area contributed by atoms with Crippen molar-refractivity contribution in [1.29, 1.82) is 0 Å². The van der Waals surface area contributed by atoms with Crippen LogP contribution in [-0.4, -0.2) is 26.4 Å². The topological polar surface area (TPSA) is 68.8 Å². The Labute approximate surface area is 160 Å². The summed E-state index contributed by atoms with van der Waals surface area (Å²) < 4.78 is 21.7. The Hall–Kier alpha value is -3.45. The number of nitrogens with zero attached hydrogens (tertiary/aromatic N) is 3. The van der Waals surface area contributed by atoms with E-state index in [1.807, 2.05) is 24.3 Å². The van der Waals surface area contributed by atoms with Crippen LogP contribution in [0.2, 0.25) is 0 Å². The molecule has 2 aromatic heterocycles. The molecule has 4 rings (SSSR count). The minimum atomic E-state index is -0.407. The lowest BCUT2D eigenvalue weighted by molar-refractivity contribution is 0.283. The van der Waals surface area contributed by atoms with Gasteiger partial charge in [0, 0.05) is 23.5 Å². The normalized spacial score (nSPS) is 11.1. The maximum atomic E-state index is 13.6. The number of aliphatic hydroxyl groups is 1. The third kappa shape index (κ3) is 3.16. The molecule has 0 atom stereocenters. The molecule has 2 heterocycles. The van der Waals surface area contributed by atoms with Crippen LogP contribution in [0.4, 0.5) is 4.39 Å². The van der Waals surface area contributed by atoms with Gasteiger partial charge in [-0.25, -0.2) is 8.91 Å². The Balaban J connectivity index is 1.81. The van der Waals surface area contributed by atoms with Crippen LogP contribution in [0.5, 0.6) is 5.75 Å². The molecule has 2 aromatic carbocycles. The van der Waals surface area contributed by atoms with E-state index in [0.717, 1.165) is 11.3 Å². The van der Waals surface area contributed by atoms with Gasteiger partial charge in [0.25, 0.3) is 5.56 Å². The monoisotopic (exact) mass is 379 g/mol. The maximum Gasteiger partial charge on any atom is 0.277 e. The summed E-state index contributed by atoms with van der Waals surface area (Å²) in [6.45, 7) is -0.0121. The van der Waals surface area contributed by atoms with Crippen LogP contribution < -0.4 is 10.3 Å². The third-order valence-electron chi connectivity index (χ3n) is 4.63. The van der Waals surface area contributed by atoms with E-state index in [9.17, 15) is 14.3 Å². The molecule has 28 heavy (non-hydrogen) atoms. The molecule has 0 saturated heterocycles. The lowest BCUT2D eigenvalue weighted by atomic mass is 10.1. The molecular weight excluding hydrogens is 361 g/mol. The van der Waals surface area contributed by atoms with Crippen LogP contribution in [0.3, 0.4) is 0 Å². The molecule has 0 aliphatic rings. The zero-order valence-corrected chi connectivity index (χ0v) is 15.2. The molecule has 0 unspecified atom stereocenters.